The molecule has 0 N–H and O–H groups in total. The molecule has 0 aromatic heterocycles. The van der Waals surface area contributed by atoms with E-state index in [4.69, 9.17) is 16.3 Å². The van der Waals surface area contributed by atoms with Crippen molar-refractivity contribution in [3.8, 4) is 5.75 Å². The van der Waals surface area contributed by atoms with Gasteiger partial charge in [0.25, 0.3) is 5.91 Å². The standard InChI is InChI=1S/C21H22ClF3N2O2/c1-2-19(29-18-8-6-16(22)7-9-18)20(28)27-12-10-26(11-13-27)17-5-3-4-15(14-17)21(23,24)25/h3-9,14,19H,2,10-13H2,1H3/t19-/m0/s1. The Hall–Kier alpha value is -2.41. The summed E-state index contributed by atoms with van der Waals surface area (Å²) in [6.45, 7) is 3.65. The van der Waals surface area contributed by atoms with Crippen LogP contribution in [0.3, 0.4) is 0 Å². The van der Waals surface area contributed by atoms with Gasteiger partial charge in [0.05, 0.1) is 5.56 Å². The maximum absolute atomic E-state index is 12.9. The van der Waals surface area contributed by atoms with E-state index in [2.05, 4.69) is 0 Å². The highest BCUT2D eigenvalue weighted by molar-refractivity contribution is 6.30. The third kappa shape index (κ3) is 5.35. The van der Waals surface area contributed by atoms with Gasteiger partial charge >= 0.3 is 6.18 Å². The van der Waals surface area contributed by atoms with Gasteiger partial charge in [-0.15, -0.1) is 0 Å². The molecule has 1 aliphatic rings. The second-order valence-electron chi connectivity index (χ2n) is 6.83. The fourth-order valence-electron chi connectivity index (χ4n) is 3.25. The first-order chi connectivity index (χ1) is 13.8. The smallest absolute Gasteiger partial charge is 0.416 e. The van der Waals surface area contributed by atoms with Crippen molar-refractivity contribution in [3.05, 3.63) is 59.1 Å². The van der Waals surface area contributed by atoms with E-state index >= 15 is 0 Å². The van der Waals surface area contributed by atoms with Gasteiger partial charge in [-0.05, 0) is 48.9 Å². The Labute approximate surface area is 172 Å². The Kier molecular flexibility index (Phi) is 6.57. The van der Waals surface area contributed by atoms with Crippen LogP contribution in [0.2, 0.25) is 5.02 Å². The monoisotopic (exact) mass is 426 g/mol. The van der Waals surface area contributed by atoms with Crippen LogP contribution in [0.4, 0.5) is 18.9 Å². The number of carbonyl (C=O) groups excluding carboxylic acids is 1. The number of alkyl halides is 3. The molecule has 1 aliphatic heterocycles. The quantitative estimate of drug-likeness (QED) is 0.684. The van der Waals surface area contributed by atoms with Gasteiger partial charge in [0.2, 0.25) is 0 Å². The molecular formula is C21H22ClF3N2O2. The molecule has 0 radical (unpaired) electrons. The van der Waals surface area contributed by atoms with Crippen LogP contribution >= 0.6 is 11.6 Å². The number of nitrogens with zero attached hydrogens (tertiary/aromatic N) is 2. The van der Waals surface area contributed by atoms with E-state index in [1.165, 1.54) is 6.07 Å². The molecule has 0 spiro atoms. The number of piperazine rings is 1. The van der Waals surface area contributed by atoms with E-state index in [-0.39, 0.29) is 5.91 Å². The molecule has 0 unspecified atom stereocenters. The van der Waals surface area contributed by atoms with Crippen molar-refractivity contribution in [1.82, 2.24) is 4.90 Å². The van der Waals surface area contributed by atoms with E-state index in [0.29, 0.717) is 49.1 Å². The topological polar surface area (TPSA) is 32.8 Å². The largest absolute Gasteiger partial charge is 0.481 e. The molecule has 29 heavy (non-hydrogen) atoms. The number of anilines is 1. The number of rotatable bonds is 5. The zero-order chi connectivity index (χ0) is 21.0. The lowest BCUT2D eigenvalue weighted by Gasteiger charge is -2.37. The van der Waals surface area contributed by atoms with E-state index in [1.54, 1.807) is 35.2 Å². The number of ether oxygens (including phenoxy) is 1. The van der Waals surface area contributed by atoms with Crippen LogP contribution in [-0.4, -0.2) is 43.1 Å². The lowest BCUT2D eigenvalue weighted by atomic mass is 10.1. The Morgan fingerprint density at radius 2 is 1.76 bits per heavy atom. The van der Waals surface area contributed by atoms with Gasteiger partial charge < -0.3 is 14.5 Å². The molecule has 2 aromatic rings. The lowest BCUT2D eigenvalue weighted by Crippen LogP contribution is -2.52. The van der Waals surface area contributed by atoms with Crippen LogP contribution in [0.15, 0.2) is 48.5 Å². The second-order valence-corrected chi connectivity index (χ2v) is 7.27. The van der Waals surface area contributed by atoms with Gasteiger partial charge in [0.15, 0.2) is 6.10 Å². The van der Waals surface area contributed by atoms with Crippen LogP contribution in [0.5, 0.6) is 5.75 Å². The minimum absolute atomic E-state index is 0.119. The highest BCUT2D eigenvalue weighted by Crippen LogP contribution is 2.32. The summed E-state index contributed by atoms with van der Waals surface area (Å²) in [4.78, 5) is 16.4. The molecule has 8 heteroatoms. The minimum Gasteiger partial charge on any atom is -0.481 e. The summed E-state index contributed by atoms with van der Waals surface area (Å²) in [7, 11) is 0. The molecule has 4 nitrogen and oxygen atoms in total. The van der Waals surface area contributed by atoms with Crippen molar-refractivity contribution in [1.29, 1.82) is 0 Å². The molecule has 1 heterocycles. The van der Waals surface area contributed by atoms with Gasteiger partial charge in [-0.25, -0.2) is 0 Å². The Bertz CT molecular complexity index is 835. The zero-order valence-corrected chi connectivity index (χ0v) is 16.7. The van der Waals surface area contributed by atoms with Crippen molar-refractivity contribution in [2.75, 3.05) is 31.1 Å². The number of hydrogen-bond donors (Lipinski definition) is 0. The first kappa shape index (κ1) is 21.3. The van der Waals surface area contributed by atoms with Gasteiger partial charge in [0.1, 0.15) is 5.75 Å². The first-order valence-corrected chi connectivity index (χ1v) is 9.79. The van der Waals surface area contributed by atoms with Crippen molar-refractivity contribution in [3.63, 3.8) is 0 Å². The van der Waals surface area contributed by atoms with Crippen LogP contribution in [-0.2, 0) is 11.0 Å². The summed E-state index contributed by atoms with van der Waals surface area (Å²) in [6, 6.07) is 12.1. The predicted molar refractivity (Wildman–Crippen MR) is 106 cm³/mol. The van der Waals surface area contributed by atoms with Crippen molar-refractivity contribution in [2.45, 2.75) is 25.6 Å². The summed E-state index contributed by atoms with van der Waals surface area (Å²) < 4.78 is 44.6. The number of benzene rings is 2. The summed E-state index contributed by atoms with van der Waals surface area (Å²) in [5.41, 5.74) is -0.160. The second kappa shape index (κ2) is 8.95. The normalized spacial score (nSPS) is 15.9. The van der Waals surface area contributed by atoms with Gasteiger partial charge in [-0.1, -0.05) is 24.6 Å². The molecule has 1 amide bonds. The summed E-state index contributed by atoms with van der Waals surface area (Å²) in [5, 5.41) is 0.586. The SMILES string of the molecule is CC[C@H](Oc1ccc(Cl)cc1)C(=O)N1CCN(c2cccc(C(F)(F)F)c2)CC1. The predicted octanol–water partition coefficient (Wildman–Crippen LogP) is 4.87. The number of halogens is 4. The molecule has 0 aliphatic carbocycles. The molecule has 3 rings (SSSR count). The van der Waals surface area contributed by atoms with Crippen LogP contribution in [0.25, 0.3) is 0 Å². The molecular weight excluding hydrogens is 405 g/mol. The number of amides is 1. The Morgan fingerprint density at radius 3 is 2.34 bits per heavy atom. The average molecular weight is 427 g/mol. The third-order valence-electron chi connectivity index (χ3n) is 4.87. The van der Waals surface area contributed by atoms with Gasteiger partial charge in [0, 0.05) is 36.9 Å². The van der Waals surface area contributed by atoms with Crippen LogP contribution in [0.1, 0.15) is 18.9 Å². The highest BCUT2D eigenvalue weighted by Gasteiger charge is 2.32. The fraction of sp³-hybridized carbons (Fsp3) is 0.381. The van der Waals surface area contributed by atoms with Crippen molar-refractivity contribution < 1.29 is 22.7 Å². The number of hydrogen-bond acceptors (Lipinski definition) is 3. The zero-order valence-electron chi connectivity index (χ0n) is 16.0. The molecule has 156 valence electrons. The van der Waals surface area contributed by atoms with Crippen molar-refractivity contribution >= 4 is 23.2 Å². The first-order valence-electron chi connectivity index (χ1n) is 9.41. The van der Waals surface area contributed by atoms with E-state index in [9.17, 15) is 18.0 Å². The van der Waals surface area contributed by atoms with Crippen molar-refractivity contribution in [2.24, 2.45) is 0 Å². The molecule has 1 saturated heterocycles. The molecule has 1 atom stereocenters. The van der Waals surface area contributed by atoms with Crippen LogP contribution in [0, 0.1) is 0 Å². The van der Waals surface area contributed by atoms with Gasteiger partial charge in [-0.2, -0.15) is 13.2 Å². The molecule has 2 aromatic carbocycles. The average Bonchev–Trinajstić information content (AvgIpc) is 2.72. The van der Waals surface area contributed by atoms with E-state index in [1.807, 2.05) is 11.8 Å². The van der Waals surface area contributed by atoms with E-state index in [0.717, 1.165) is 12.1 Å². The van der Waals surface area contributed by atoms with Crippen LogP contribution < -0.4 is 9.64 Å². The molecule has 1 fully saturated rings. The maximum Gasteiger partial charge on any atom is 0.416 e. The highest BCUT2D eigenvalue weighted by atomic mass is 35.5. The molecule has 0 bridgehead atoms. The third-order valence-corrected chi connectivity index (χ3v) is 5.12. The summed E-state index contributed by atoms with van der Waals surface area (Å²) in [6.07, 6.45) is -4.48. The fourth-order valence-corrected chi connectivity index (χ4v) is 3.38. The number of carbonyl (C=O) groups is 1. The minimum atomic E-state index is -4.37. The van der Waals surface area contributed by atoms with Gasteiger partial charge in [-0.3, -0.25) is 4.79 Å². The summed E-state index contributed by atoms with van der Waals surface area (Å²) in [5.74, 6) is 0.448. The Balaban J connectivity index is 1.60. The van der Waals surface area contributed by atoms with E-state index < -0.39 is 17.8 Å². The molecule has 0 saturated carbocycles. The lowest BCUT2D eigenvalue weighted by molar-refractivity contribution is -0.139. The Morgan fingerprint density at radius 1 is 1.10 bits per heavy atom. The summed E-state index contributed by atoms with van der Waals surface area (Å²) >= 11 is 5.87. The maximum atomic E-state index is 12.9.